The number of aromatic nitrogens is 4. The molecule has 20 heavy (non-hydrogen) atoms. The largest absolute Gasteiger partial charge is 0.288 e. The molecule has 0 saturated carbocycles. The molecule has 0 fully saturated rings. The van der Waals surface area contributed by atoms with Gasteiger partial charge in [-0.05, 0) is 19.1 Å². The number of benzene rings is 1. The zero-order valence-electron chi connectivity index (χ0n) is 10.5. The van der Waals surface area contributed by atoms with Gasteiger partial charge in [-0.3, -0.25) is 15.2 Å². The van der Waals surface area contributed by atoms with Crippen molar-refractivity contribution in [1.29, 1.82) is 0 Å². The number of para-hydroxylation sites is 1. The van der Waals surface area contributed by atoms with E-state index in [1.165, 1.54) is 12.1 Å². The molecule has 0 bridgehead atoms. The summed E-state index contributed by atoms with van der Waals surface area (Å²) in [5.41, 5.74) is 0.261. The van der Waals surface area contributed by atoms with Gasteiger partial charge in [-0.1, -0.05) is 18.2 Å². The molecule has 0 saturated heterocycles. The SMILES string of the molecule is Cc1nc(NC(=O)c2ccc3cccc(F)c3n2)n[nH]1. The molecule has 2 heterocycles. The summed E-state index contributed by atoms with van der Waals surface area (Å²) in [5.74, 6) is -0.221. The summed E-state index contributed by atoms with van der Waals surface area (Å²) in [5, 5.41) is 9.52. The predicted molar refractivity (Wildman–Crippen MR) is 70.8 cm³/mol. The van der Waals surface area contributed by atoms with Gasteiger partial charge in [-0.25, -0.2) is 9.37 Å². The van der Waals surface area contributed by atoms with E-state index in [0.717, 1.165) is 0 Å². The molecule has 0 radical (unpaired) electrons. The lowest BCUT2D eigenvalue weighted by atomic mass is 10.2. The van der Waals surface area contributed by atoms with Gasteiger partial charge in [0.05, 0.1) is 0 Å². The van der Waals surface area contributed by atoms with Crippen LogP contribution in [0.25, 0.3) is 10.9 Å². The van der Waals surface area contributed by atoms with Crippen molar-refractivity contribution in [2.24, 2.45) is 0 Å². The van der Waals surface area contributed by atoms with Crippen LogP contribution in [0, 0.1) is 12.7 Å². The number of hydrogen-bond donors (Lipinski definition) is 2. The third kappa shape index (κ3) is 2.20. The number of halogens is 1. The number of aryl methyl sites for hydroxylation is 1. The number of rotatable bonds is 2. The number of pyridine rings is 1. The number of aromatic amines is 1. The van der Waals surface area contributed by atoms with Crippen molar-refractivity contribution in [3.8, 4) is 0 Å². The molecule has 0 atom stereocenters. The first-order valence-corrected chi connectivity index (χ1v) is 5.89. The molecule has 3 rings (SSSR count). The Kier molecular flexibility index (Phi) is 2.86. The molecule has 2 N–H and O–H groups in total. The minimum Gasteiger partial charge on any atom is -0.288 e. The van der Waals surface area contributed by atoms with E-state index in [1.807, 2.05) is 0 Å². The third-order valence-electron chi connectivity index (χ3n) is 2.73. The Morgan fingerprint density at radius 3 is 2.85 bits per heavy atom. The molecule has 2 aromatic heterocycles. The van der Waals surface area contributed by atoms with Crippen molar-refractivity contribution in [3.05, 3.63) is 47.7 Å². The fourth-order valence-electron chi connectivity index (χ4n) is 1.80. The Bertz CT molecular complexity index is 798. The first kappa shape index (κ1) is 12.2. The predicted octanol–water partition coefficient (Wildman–Crippen LogP) is 2.05. The van der Waals surface area contributed by atoms with Crippen LogP contribution >= 0.6 is 0 Å². The Balaban J connectivity index is 1.93. The molecule has 0 unspecified atom stereocenters. The van der Waals surface area contributed by atoms with E-state index in [-0.39, 0.29) is 17.2 Å². The number of hydrogen-bond acceptors (Lipinski definition) is 4. The second kappa shape index (κ2) is 4.69. The van der Waals surface area contributed by atoms with Gasteiger partial charge < -0.3 is 0 Å². The maximum atomic E-state index is 13.6. The monoisotopic (exact) mass is 271 g/mol. The average molecular weight is 271 g/mol. The first-order chi connectivity index (χ1) is 9.63. The van der Waals surface area contributed by atoms with E-state index in [4.69, 9.17) is 0 Å². The Hall–Kier alpha value is -2.83. The van der Waals surface area contributed by atoms with Crippen molar-refractivity contribution in [1.82, 2.24) is 20.2 Å². The number of anilines is 1. The summed E-state index contributed by atoms with van der Waals surface area (Å²) in [4.78, 5) is 20.0. The van der Waals surface area contributed by atoms with Crippen molar-refractivity contribution in [2.45, 2.75) is 6.92 Å². The molecule has 6 nitrogen and oxygen atoms in total. The summed E-state index contributed by atoms with van der Waals surface area (Å²) in [7, 11) is 0. The summed E-state index contributed by atoms with van der Waals surface area (Å²) in [6.07, 6.45) is 0. The molecule has 100 valence electrons. The number of H-pyrrole nitrogens is 1. The molecule has 1 aromatic carbocycles. The second-order valence-electron chi connectivity index (χ2n) is 4.21. The van der Waals surface area contributed by atoms with E-state index < -0.39 is 11.7 Å². The smallest absolute Gasteiger partial charge is 0.276 e. The molecule has 3 aromatic rings. The quantitative estimate of drug-likeness (QED) is 0.747. The van der Waals surface area contributed by atoms with Gasteiger partial charge in [0.15, 0.2) is 0 Å². The van der Waals surface area contributed by atoms with Crippen molar-refractivity contribution in [3.63, 3.8) is 0 Å². The van der Waals surface area contributed by atoms with Crippen LogP contribution in [-0.4, -0.2) is 26.1 Å². The Morgan fingerprint density at radius 1 is 1.25 bits per heavy atom. The highest BCUT2D eigenvalue weighted by Crippen LogP contribution is 2.16. The minimum atomic E-state index is -0.492. The van der Waals surface area contributed by atoms with Crippen molar-refractivity contribution in [2.75, 3.05) is 5.32 Å². The zero-order valence-corrected chi connectivity index (χ0v) is 10.5. The van der Waals surface area contributed by atoms with Crippen LogP contribution in [0.5, 0.6) is 0 Å². The van der Waals surface area contributed by atoms with Gasteiger partial charge >= 0.3 is 0 Å². The number of fused-ring (bicyclic) bond motifs is 1. The number of nitrogens with zero attached hydrogens (tertiary/aromatic N) is 3. The van der Waals surface area contributed by atoms with Crippen molar-refractivity contribution >= 4 is 22.8 Å². The minimum absolute atomic E-state index is 0.102. The van der Waals surface area contributed by atoms with E-state index >= 15 is 0 Å². The van der Waals surface area contributed by atoms with Gasteiger partial charge in [0.1, 0.15) is 22.9 Å². The van der Waals surface area contributed by atoms with Gasteiger partial charge in [0.2, 0.25) is 5.95 Å². The lowest BCUT2D eigenvalue weighted by molar-refractivity contribution is 0.102. The molecule has 0 aliphatic rings. The highest BCUT2D eigenvalue weighted by molar-refractivity contribution is 6.03. The normalized spacial score (nSPS) is 10.7. The standard InChI is InChI=1S/C13H10FN5O/c1-7-15-13(19-18-7)17-12(20)10-6-5-8-3-2-4-9(14)11(8)16-10/h2-6H,1H3,(H2,15,17,18,19,20). The van der Waals surface area contributed by atoms with Gasteiger partial charge in [0, 0.05) is 5.39 Å². The maximum absolute atomic E-state index is 13.6. The van der Waals surface area contributed by atoms with Crippen LogP contribution in [0.1, 0.15) is 16.3 Å². The fourth-order valence-corrected chi connectivity index (χ4v) is 1.80. The summed E-state index contributed by atoms with van der Waals surface area (Å²) in [6.45, 7) is 1.71. The second-order valence-corrected chi connectivity index (χ2v) is 4.21. The van der Waals surface area contributed by atoms with E-state index in [1.54, 1.807) is 25.1 Å². The van der Waals surface area contributed by atoms with Crippen molar-refractivity contribution < 1.29 is 9.18 Å². The Morgan fingerprint density at radius 2 is 2.10 bits per heavy atom. The number of nitrogens with one attached hydrogen (secondary N) is 2. The average Bonchev–Trinajstić information content (AvgIpc) is 2.84. The third-order valence-corrected chi connectivity index (χ3v) is 2.73. The van der Waals surface area contributed by atoms with Crippen LogP contribution in [0.4, 0.5) is 10.3 Å². The molecule has 0 aliphatic carbocycles. The molecule has 1 amide bonds. The number of carbonyl (C=O) groups excluding carboxylic acids is 1. The van der Waals surface area contributed by atoms with Crippen LogP contribution in [0.15, 0.2) is 30.3 Å². The maximum Gasteiger partial charge on any atom is 0.276 e. The van der Waals surface area contributed by atoms with E-state index in [9.17, 15) is 9.18 Å². The lowest BCUT2D eigenvalue weighted by Gasteiger charge is -2.03. The summed E-state index contributed by atoms with van der Waals surface area (Å²) in [6, 6.07) is 7.79. The van der Waals surface area contributed by atoms with Gasteiger partial charge in [-0.2, -0.15) is 4.98 Å². The van der Waals surface area contributed by atoms with Crippen LogP contribution in [0.3, 0.4) is 0 Å². The topological polar surface area (TPSA) is 83.6 Å². The van der Waals surface area contributed by atoms with E-state index in [0.29, 0.717) is 11.2 Å². The zero-order chi connectivity index (χ0) is 14.1. The molecular formula is C13H10FN5O. The summed E-state index contributed by atoms with van der Waals surface area (Å²) >= 11 is 0. The molecule has 7 heteroatoms. The van der Waals surface area contributed by atoms with Gasteiger partial charge in [0.25, 0.3) is 5.91 Å². The lowest BCUT2D eigenvalue weighted by Crippen LogP contribution is -2.14. The number of carbonyl (C=O) groups is 1. The van der Waals surface area contributed by atoms with E-state index in [2.05, 4.69) is 25.5 Å². The highest BCUT2D eigenvalue weighted by atomic mass is 19.1. The fraction of sp³-hybridized carbons (Fsp3) is 0.0769. The highest BCUT2D eigenvalue weighted by Gasteiger charge is 2.12. The molecule has 0 spiro atoms. The van der Waals surface area contributed by atoms with Crippen LogP contribution in [-0.2, 0) is 0 Å². The summed E-state index contributed by atoms with van der Waals surface area (Å²) < 4.78 is 13.6. The van der Waals surface area contributed by atoms with Gasteiger partial charge in [-0.15, -0.1) is 5.10 Å². The Labute approximate surface area is 113 Å². The molecule has 0 aliphatic heterocycles. The first-order valence-electron chi connectivity index (χ1n) is 5.89. The molecular weight excluding hydrogens is 261 g/mol. The number of amides is 1. The van der Waals surface area contributed by atoms with Crippen LogP contribution < -0.4 is 5.32 Å². The van der Waals surface area contributed by atoms with Crippen LogP contribution in [0.2, 0.25) is 0 Å².